The Morgan fingerprint density at radius 3 is 2.88 bits per heavy atom. The third-order valence-corrected chi connectivity index (χ3v) is 3.97. The molecule has 2 atom stereocenters. The Balaban J connectivity index is 2.58. The van der Waals surface area contributed by atoms with Crippen molar-refractivity contribution < 1.29 is 4.39 Å². The van der Waals surface area contributed by atoms with E-state index in [0.29, 0.717) is 5.56 Å². The Kier molecular flexibility index (Phi) is 2.90. The van der Waals surface area contributed by atoms with Crippen LogP contribution >= 0.6 is 11.6 Å². The predicted octanol–water partition coefficient (Wildman–Crippen LogP) is 4.06. The van der Waals surface area contributed by atoms with Crippen LogP contribution in [0.3, 0.4) is 0 Å². The zero-order valence-electron chi connectivity index (χ0n) is 9.13. The third kappa shape index (κ3) is 1.51. The topological polar surface area (TPSA) is 23.8 Å². The number of benzene rings is 1. The fourth-order valence-electron chi connectivity index (χ4n) is 2.65. The van der Waals surface area contributed by atoms with Gasteiger partial charge in [0.05, 0.1) is 16.5 Å². The van der Waals surface area contributed by atoms with E-state index >= 15 is 0 Å². The van der Waals surface area contributed by atoms with Gasteiger partial charge in [-0.1, -0.05) is 37.1 Å². The molecule has 84 valence electrons. The molecule has 0 radical (unpaired) electrons. The Morgan fingerprint density at radius 2 is 2.31 bits per heavy atom. The minimum absolute atomic E-state index is 0.103. The first kappa shape index (κ1) is 11.4. The van der Waals surface area contributed by atoms with E-state index in [1.54, 1.807) is 12.1 Å². The highest BCUT2D eigenvalue weighted by molar-refractivity contribution is 6.30. The summed E-state index contributed by atoms with van der Waals surface area (Å²) < 4.78 is 14.0. The molecule has 1 saturated carbocycles. The van der Waals surface area contributed by atoms with Crippen LogP contribution in [0.2, 0.25) is 5.02 Å². The maximum absolute atomic E-state index is 14.0. The van der Waals surface area contributed by atoms with E-state index in [1.165, 1.54) is 6.07 Å². The van der Waals surface area contributed by atoms with Crippen molar-refractivity contribution >= 4 is 11.6 Å². The molecule has 0 bridgehead atoms. The molecule has 0 amide bonds. The molecule has 0 N–H and O–H groups in total. The first-order valence-electron chi connectivity index (χ1n) is 5.47. The number of halogens is 2. The first-order chi connectivity index (χ1) is 7.62. The molecular formula is C13H13ClFN. The second-order valence-electron chi connectivity index (χ2n) is 4.48. The molecule has 0 aliphatic heterocycles. The summed E-state index contributed by atoms with van der Waals surface area (Å²) in [5.41, 5.74) is -0.220. The summed E-state index contributed by atoms with van der Waals surface area (Å²) in [7, 11) is 0. The van der Waals surface area contributed by atoms with Crippen molar-refractivity contribution in [3.05, 3.63) is 34.6 Å². The molecule has 1 aromatic rings. The summed E-state index contributed by atoms with van der Waals surface area (Å²) in [5.74, 6) is -0.245. The van der Waals surface area contributed by atoms with Crippen molar-refractivity contribution in [1.82, 2.24) is 0 Å². The molecular weight excluding hydrogens is 225 g/mol. The molecule has 1 aliphatic carbocycles. The minimum atomic E-state index is -0.686. The quantitative estimate of drug-likeness (QED) is 0.723. The van der Waals surface area contributed by atoms with Crippen molar-refractivity contribution in [2.45, 2.75) is 31.6 Å². The van der Waals surface area contributed by atoms with Crippen LogP contribution in [0.1, 0.15) is 31.7 Å². The molecule has 0 aromatic heterocycles. The van der Waals surface area contributed by atoms with E-state index in [0.717, 1.165) is 19.3 Å². The number of rotatable bonds is 1. The molecule has 1 fully saturated rings. The Hall–Kier alpha value is -1.07. The second-order valence-corrected chi connectivity index (χ2v) is 4.89. The van der Waals surface area contributed by atoms with Crippen LogP contribution in [0.25, 0.3) is 0 Å². The lowest BCUT2D eigenvalue weighted by Gasteiger charge is -2.27. The minimum Gasteiger partial charge on any atom is -0.205 e. The lowest BCUT2D eigenvalue weighted by Crippen LogP contribution is -2.28. The van der Waals surface area contributed by atoms with Crippen LogP contribution in [-0.4, -0.2) is 0 Å². The number of hydrogen-bond acceptors (Lipinski definition) is 1. The highest BCUT2D eigenvalue weighted by atomic mass is 35.5. The van der Waals surface area contributed by atoms with Crippen LogP contribution in [0.4, 0.5) is 4.39 Å². The Morgan fingerprint density at radius 1 is 1.56 bits per heavy atom. The Labute approximate surface area is 99.8 Å². The number of nitriles is 1. The molecule has 3 heteroatoms. The van der Waals surface area contributed by atoms with Gasteiger partial charge < -0.3 is 0 Å². The van der Waals surface area contributed by atoms with Gasteiger partial charge in [-0.3, -0.25) is 0 Å². The fraction of sp³-hybridized carbons (Fsp3) is 0.462. The van der Waals surface area contributed by atoms with E-state index in [-0.39, 0.29) is 10.9 Å². The highest BCUT2D eigenvalue weighted by Gasteiger charge is 2.44. The molecule has 16 heavy (non-hydrogen) atoms. The zero-order valence-corrected chi connectivity index (χ0v) is 9.89. The summed E-state index contributed by atoms with van der Waals surface area (Å²) in [5, 5.41) is 9.50. The molecule has 1 aromatic carbocycles. The van der Waals surface area contributed by atoms with Gasteiger partial charge in [-0.25, -0.2) is 4.39 Å². The average molecular weight is 238 g/mol. The van der Waals surface area contributed by atoms with Gasteiger partial charge in [-0.05, 0) is 24.8 Å². The molecule has 0 heterocycles. The monoisotopic (exact) mass is 237 g/mol. The Bertz CT molecular complexity index is 452. The van der Waals surface area contributed by atoms with Crippen LogP contribution < -0.4 is 0 Å². The van der Waals surface area contributed by atoms with Gasteiger partial charge in [-0.2, -0.15) is 5.26 Å². The standard InChI is InChI=1S/C13H13ClFN/c1-9-4-3-7-13(9,8-16)10-5-2-6-11(14)12(10)15/h2,5-6,9H,3-4,7H2,1H3. The van der Waals surface area contributed by atoms with Gasteiger partial charge in [-0.15, -0.1) is 0 Å². The van der Waals surface area contributed by atoms with Gasteiger partial charge in [0.1, 0.15) is 5.82 Å². The van der Waals surface area contributed by atoms with E-state index in [9.17, 15) is 9.65 Å². The maximum atomic E-state index is 14.0. The summed E-state index contributed by atoms with van der Waals surface area (Å²) in [6.07, 6.45) is 2.67. The largest absolute Gasteiger partial charge is 0.205 e. The predicted molar refractivity (Wildman–Crippen MR) is 61.7 cm³/mol. The van der Waals surface area contributed by atoms with E-state index in [2.05, 4.69) is 6.07 Å². The lowest BCUT2D eigenvalue weighted by atomic mass is 9.74. The summed E-state index contributed by atoms with van der Waals surface area (Å²) in [6.45, 7) is 2.01. The molecule has 2 unspecified atom stereocenters. The van der Waals surface area contributed by atoms with Crippen molar-refractivity contribution in [2.75, 3.05) is 0 Å². The van der Waals surface area contributed by atoms with Crippen LogP contribution in [0.15, 0.2) is 18.2 Å². The molecule has 2 rings (SSSR count). The van der Waals surface area contributed by atoms with Crippen LogP contribution in [0.5, 0.6) is 0 Å². The van der Waals surface area contributed by atoms with Crippen molar-refractivity contribution in [3.8, 4) is 6.07 Å². The molecule has 1 aliphatic rings. The highest BCUT2D eigenvalue weighted by Crippen LogP contribution is 2.46. The lowest BCUT2D eigenvalue weighted by molar-refractivity contribution is 0.411. The zero-order chi connectivity index (χ0) is 11.8. The van der Waals surface area contributed by atoms with E-state index < -0.39 is 11.2 Å². The smallest absolute Gasteiger partial charge is 0.146 e. The molecule has 0 spiro atoms. The average Bonchev–Trinajstić information content (AvgIpc) is 2.65. The second kappa shape index (κ2) is 4.07. The van der Waals surface area contributed by atoms with Gasteiger partial charge in [0.15, 0.2) is 0 Å². The van der Waals surface area contributed by atoms with Gasteiger partial charge in [0.25, 0.3) is 0 Å². The van der Waals surface area contributed by atoms with Crippen molar-refractivity contribution in [2.24, 2.45) is 5.92 Å². The fourth-order valence-corrected chi connectivity index (χ4v) is 2.83. The van der Waals surface area contributed by atoms with E-state index in [1.807, 2.05) is 6.92 Å². The SMILES string of the molecule is CC1CCCC1(C#N)c1cccc(Cl)c1F. The third-order valence-electron chi connectivity index (χ3n) is 3.68. The molecule has 0 saturated heterocycles. The summed E-state index contributed by atoms with van der Waals surface area (Å²) >= 11 is 5.77. The molecule has 1 nitrogen and oxygen atoms in total. The normalized spacial score (nSPS) is 29.0. The number of hydrogen-bond donors (Lipinski definition) is 0. The van der Waals surface area contributed by atoms with E-state index in [4.69, 9.17) is 11.6 Å². The number of nitrogens with zero attached hydrogens (tertiary/aromatic N) is 1. The van der Waals surface area contributed by atoms with Crippen LogP contribution in [-0.2, 0) is 5.41 Å². The summed E-state index contributed by atoms with van der Waals surface area (Å²) in [4.78, 5) is 0. The van der Waals surface area contributed by atoms with Crippen molar-refractivity contribution in [1.29, 1.82) is 5.26 Å². The maximum Gasteiger partial charge on any atom is 0.146 e. The van der Waals surface area contributed by atoms with Crippen LogP contribution in [0, 0.1) is 23.1 Å². The first-order valence-corrected chi connectivity index (χ1v) is 5.85. The van der Waals surface area contributed by atoms with Gasteiger partial charge in [0.2, 0.25) is 0 Å². The van der Waals surface area contributed by atoms with Crippen molar-refractivity contribution in [3.63, 3.8) is 0 Å². The van der Waals surface area contributed by atoms with Gasteiger partial charge >= 0.3 is 0 Å². The van der Waals surface area contributed by atoms with Gasteiger partial charge in [0, 0.05) is 5.56 Å². The summed E-state index contributed by atoms with van der Waals surface area (Å²) in [6, 6.07) is 7.23.